The van der Waals surface area contributed by atoms with Gasteiger partial charge in [-0.3, -0.25) is 13.5 Å². The molecule has 1 N–H and O–H groups in total. The maximum Gasteiger partial charge on any atom is 2.00 e. The molecule has 0 aromatic carbocycles. The third-order valence-electron chi connectivity index (χ3n) is 1.81. The van der Waals surface area contributed by atoms with Gasteiger partial charge >= 0.3 is 34.6 Å². The molecular formula is C13H33O9PSW2. The summed E-state index contributed by atoms with van der Waals surface area (Å²) in [6.07, 6.45) is 0.653. The van der Waals surface area contributed by atoms with Gasteiger partial charge in [0, 0.05) is 40.8 Å². The van der Waals surface area contributed by atoms with Gasteiger partial charge in [0.05, 0.1) is 20.0 Å². The van der Waals surface area contributed by atoms with Crippen LogP contribution in [0.5, 0.6) is 0 Å². The summed E-state index contributed by atoms with van der Waals surface area (Å²) in [7, 11) is 1.95. The third-order valence-corrected chi connectivity index (χ3v) is 4.39. The summed E-state index contributed by atoms with van der Waals surface area (Å²) in [5.41, 5.74) is 0. The molecular weight excluding hydrogens is 731 g/mol. The molecule has 0 bridgehead atoms. The molecule has 13 heteroatoms. The third kappa shape index (κ3) is 49.8. The van der Waals surface area contributed by atoms with Gasteiger partial charge in [-0.25, -0.2) is 7.11 Å². The van der Waals surface area contributed by atoms with Gasteiger partial charge in [0.15, 0.2) is 0 Å². The molecule has 0 aliphatic heterocycles. The van der Waals surface area contributed by atoms with E-state index in [1.54, 1.807) is 13.8 Å². The van der Waals surface area contributed by atoms with Gasteiger partial charge in [-0.2, -0.15) is 8.42 Å². The molecule has 162 valence electrons. The van der Waals surface area contributed by atoms with E-state index in [2.05, 4.69) is 25.3 Å². The standard InChI is InChI=1S/C4H8O2.C3H9O3P.C3H8O3S.C2H5O.CH3.2W/c1-3-4(5)6-2;2*1-3-7(4,5)6-2;1-3-2;;;/h3H2,1-2H3;3H2,1-2H3,(H,4,5);3H2,1-2H3;1H2,2H3;1H3;;/q;;;2*-1;;+2. The van der Waals surface area contributed by atoms with E-state index < -0.39 is 17.7 Å². The topological polar surface area (TPSA) is 125 Å². The van der Waals surface area contributed by atoms with Crippen molar-refractivity contribution >= 4 is 23.7 Å². The fourth-order valence-corrected chi connectivity index (χ4v) is 0.885. The van der Waals surface area contributed by atoms with E-state index in [1.165, 1.54) is 28.3 Å². The molecule has 0 saturated carbocycles. The minimum Gasteiger partial charge on any atom is -0.557 e. The van der Waals surface area contributed by atoms with Gasteiger partial charge in [-0.15, -0.1) is 0 Å². The molecule has 1 unspecified atom stereocenters. The van der Waals surface area contributed by atoms with Crippen LogP contribution in [0.4, 0.5) is 0 Å². The minimum absolute atomic E-state index is 0. The Morgan fingerprint density at radius 3 is 1.46 bits per heavy atom. The van der Waals surface area contributed by atoms with Crippen LogP contribution < -0.4 is 0 Å². The number of esters is 1. The van der Waals surface area contributed by atoms with Crippen molar-refractivity contribution in [3.8, 4) is 0 Å². The fraction of sp³-hybridized carbons (Fsp3) is 0.769. The van der Waals surface area contributed by atoms with Crippen molar-refractivity contribution in [3.63, 3.8) is 0 Å². The second-order valence-corrected chi connectivity index (χ2v) is 7.67. The van der Waals surface area contributed by atoms with Gasteiger partial charge in [-0.1, -0.05) is 13.8 Å². The number of carbonyl (C=O) groups excluding carboxylic acids is 1. The number of hydrogen-bond acceptors (Lipinski definition) is 8. The Morgan fingerprint density at radius 1 is 1.12 bits per heavy atom. The van der Waals surface area contributed by atoms with Crippen LogP contribution in [-0.2, 0) is 79.8 Å². The molecule has 0 aliphatic rings. The summed E-state index contributed by atoms with van der Waals surface area (Å²) in [6.45, 7) is 4.88. The number of ether oxygens (including phenoxy) is 2. The molecule has 0 radical (unpaired) electrons. The predicted molar refractivity (Wildman–Crippen MR) is 94.9 cm³/mol. The van der Waals surface area contributed by atoms with Crippen molar-refractivity contribution in [2.24, 2.45) is 0 Å². The van der Waals surface area contributed by atoms with E-state index in [0.29, 0.717) is 6.42 Å². The van der Waals surface area contributed by atoms with Gasteiger partial charge in [-0.05, 0) is 14.0 Å². The predicted octanol–water partition coefficient (Wildman–Crippen LogP) is 2.26. The molecule has 26 heavy (non-hydrogen) atoms. The number of rotatable bonds is 5. The van der Waals surface area contributed by atoms with Crippen LogP contribution >= 0.6 is 7.60 Å². The van der Waals surface area contributed by atoms with Crippen molar-refractivity contribution in [2.45, 2.75) is 27.2 Å². The average Bonchev–Trinajstić information content (AvgIpc) is 2.55. The summed E-state index contributed by atoms with van der Waals surface area (Å²) >= 11 is 0. The Hall–Kier alpha value is 0.867. The Kier molecular flexibility index (Phi) is 53.6. The average molecular weight is 764 g/mol. The number of hydrogen-bond donors (Lipinski definition) is 1. The molecule has 0 rings (SSSR count). The van der Waals surface area contributed by atoms with Crippen molar-refractivity contribution in [3.05, 3.63) is 14.5 Å². The van der Waals surface area contributed by atoms with E-state index in [0.717, 1.165) is 7.11 Å². The Labute approximate surface area is 188 Å². The monoisotopic (exact) mass is 764 g/mol. The van der Waals surface area contributed by atoms with E-state index >= 15 is 0 Å². The van der Waals surface area contributed by atoms with Crippen LogP contribution in [0, 0.1) is 14.5 Å². The van der Waals surface area contributed by atoms with Gasteiger partial charge in [0.1, 0.15) is 0 Å². The van der Waals surface area contributed by atoms with Crippen molar-refractivity contribution in [1.29, 1.82) is 0 Å². The van der Waals surface area contributed by atoms with Crippen LogP contribution in [0.2, 0.25) is 0 Å². The summed E-state index contributed by atoms with van der Waals surface area (Å²) in [5.74, 6) is -0.112. The zero-order valence-corrected chi connectivity index (χ0v) is 24.3. The second kappa shape index (κ2) is 30.6. The van der Waals surface area contributed by atoms with Crippen LogP contribution in [0.25, 0.3) is 0 Å². The largest absolute Gasteiger partial charge is 2.00 e. The Balaban J connectivity index is -0.0000000368. The molecule has 0 fully saturated rings. The first-order valence-corrected chi connectivity index (χ1v) is 9.81. The molecule has 0 saturated heterocycles. The van der Waals surface area contributed by atoms with Crippen molar-refractivity contribution in [2.75, 3.05) is 40.4 Å². The minimum atomic E-state index is -3.16. The van der Waals surface area contributed by atoms with Crippen LogP contribution in [0.1, 0.15) is 27.2 Å². The molecule has 9 nitrogen and oxygen atoms in total. The van der Waals surface area contributed by atoms with E-state index in [9.17, 15) is 17.8 Å². The number of methoxy groups -OCH3 is 2. The van der Waals surface area contributed by atoms with Crippen molar-refractivity contribution < 1.29 is 83.0 Å². The first-order chi connectivity index (χ1) is 10.5. The summed E-state index contributed by atoms with van der Waals surface area (Å²) in [5, 5.41) is 0. The molecule has 1 atom stereocenters. The quantitative estimate of drug-likeness (QED) is 0.195. The Bertz CT molecular complexity index is 382. The molecule has 0 aromatic heterocycles. The fourth-order valence-electron chi connectivity index (χ4n) is 0.391. The first kappa shape index (κ1) is 45.5. The maximum atomic E-state index is 10.3. The van der Waals surface area contributed by atoms with E-state index in [4.69, 9.17) is 4.89 Å². The molecule has 0 aromatic rings. The van der Waals surface area contributed by atoms with Gasteiger partial charge in [0.2, 0.25) is 0 Å². The van der Waals surface area contributed by atoms with E-state index in [-0.39, 0.29) is 67.4 Å². The first-order valence-electron chi connectivity index (χ1n) is 6.47. The second-order valence-electron chi connectivity index (χ2n) is 3.37. The van der Waals surface area contributed by atoms with Crippen molar-refractivity contribution in [1.82, 2.24) is 0 Å². The molecule has 0 heterocycles. The maximum absolute atomic E-state index is 10.3. The molecule has 0 amide bonds. The number of carbonyl (C=O) groups is 1. The van der Waals surface area contributed by atoms with Crippen LogP contribution in [0.3, 0.4) is 0 Å². The van der Waals surface area contributed by atoms with Crippen LogP contribution in [0.15, 0.2) is 0 Å². The molecule has 0 spiro atoms. The van der Waals surface area contributed by atoms with Gasteiger partial charge < -0.3 is 26.3 Å². The smallest absolute Gasteiger partial charge is 0.557 e. The van der Waals surface area contributed by atoms with E-state index in [1.807, 2.05) is 0 Å². The summed E-state index contributed by atoms with van der Waals surface area (Å²) in [4.78, 5) is 18.4. The molecule has 0 aliphatic carbocycles. The zero-order chi connectivity index (χ0) is 19.5. The van der Waals surface area contributed by atoms with Crippen LogP contribution in [-0.4, -0.2) is 59.6 Å². The zero-order valence-electron chi connectivity index (χ0n) is 16.7. The summed E-state index contributed by atoms with van der Waals surface area (Å²) in [6, 6.07) is 0. The SMILES string of the molecule is CCC(=O)OC.CCP(=O)(O)OC.CCS(=O)(=O)OC.[CH2-]OC.[CH3-].[W+2].[W]. The normalized spacial score (nSPS) is 10.7. The summed E-state index contributed by atoms with van der Waals surface area (Å²) < 4.78 is 47.1. The van der Waals surface area contributed by atoms with Gasteiger partial charge in [0.25, 0.3) is 10.1 Å². The Morgan fingerprint density at radius 2 is 1.46 bits per heavy atom.